The average molecular weight is 524 g/mol. The number of rotatable bonds is 6. The number of carbonyl (C=O) groups excluding carboxylic acids is 1. The summed E-state index contributed by atoms with van der Waals surface area (Å²) >= 11 is 3.50. The Morgan fingerprint density at radius 1 is 1.15 bits per heavy atom. The number of hydrogen-bond donors (Lipinski definition) is 3. The number of hydrogen-bond acceptors (Lipinski definition) is 7. The van der Waals surface area contributed by atoms with E-state index in [9.17, 15) is 9.90 Å². The van der Waals surface area contributed by atoms with E-state index in [0.29, 0.717) is 22.9 Å². The molecule has 2 heterocycles. The lowest BCUT2D eigenvalue weighted by Crippen LogP contribution is -2.34. The van der Waals surface area contributed by atoms with Crippen LogP contribution in [0.5, 0.6) is 17.4 Å². The fraction of sp³-hybridized carbons (Fsp3) is 0.167. The zero-order valence-electron chi connectivity index (χ0n) is 18.7. The second kappa shape index (κ2) is 9.92. The molecule has 3 N–H and O–H groups in total. The number of aromatic nitrogens is 3. The maximum atomic E-state index is 12.0. The van der Waals surface area contributed by atoms with Gasteiger partial charge in [0, 0.05) is 17.9 Å². The molecule has 2 aromatic heterocycles. The van der Waals surface area contributed by atoms with Gasteiger partial charge in [0.2, 0.25) is 11.7 Å². The van der Waals surface area contributed by atoms with Crippen LogP contribution < -0.4 is 15.4 Å². The molecule has 0 aliphatic rings. The van der Waals surface area contributed by atoms with Crippen molar-refractivity contribution in [2.75, 3.05) is 5.32 Å². The molecule has 0 fully saturated rings. The SMILES string of the molecule is Cc1ccc(Oc2ncccc2-c2noc(-c3cc(NC(=O)NC(C)C)ccc3O)n2)c(Br)c1. The Labute approximate surface area is 204 Å². The van der Waals surface area contributed by atoms with Gasteiger partial charge in [0.15, 0.2) is 0 Å². The summed E-state index contributed by atoms with van der Waals surface area (Å²) in [5, 5.41) is 19.8. The van der Waals surface area contributed by atoms with Gasteiger partial charge in [-0.05, 0) is 84.7 Å². The zero-order valence-corrected chi connectivity index (χ0v) is 20.3. The molecule has 0 radical (unpaired) electrons. The molecule has 10 heteroatoms. The van der Waals surface area contributed by atoms with E-state index in [1.54, 1.807) is 30.5 Å². The molecule has 174 valence electrons. The molecule has 0 aliphatic heterocycles. The van der Waals surface area contributed by atoms with E-state index in [2.05, 4.69) is 41.7 Å². The molecule has 2 amide bonds. The molecular weight excluding hydrogens is 502 g/mol. The Hall–Kier alpha value is -3.92. The van der Waals surface area contributed by atoms with Crippen LogP contribution in [0, 0.1) is 6.92 Å². The third-order valence-corrected chi connectivity index (χ3v) is 5.26. The summed E-state index contributed by atoms with van der Waals surface area (Å²) in [6.07, 6.45) is 1.60. The highest BCUT2D eigenvalue weighted by atomic mass is 79.9. The number of benzene rings is 2. The molecule has 0 saturated heterocycles. The molecule has 0 saturated carbocycles. The summed E-state index contributed by atoms with van der Waals surface area (Å²) in [7, 11) is 0. The third-order valence-electron chi connectivity index (χ3n) is 4.64. The van der Waals surface area contributed by atoms with Crippen molar-refractivity contribution in [3.05, 3.63) is 64.8 Å². The van der Waals surface area contributed by atoms with Gasteiger partial charge in [0.1, 0.15) is 11.5 Å². The van der Waals surface area contributed by atoms with Crippen LogP contribution in [-0.2, 0) is 0 Å². The largest absolute Gasteiger partial charge is 0.507 e. The van der Waals surface area contributed by atoms with Gasteiger partial charge in [-0.1, -0.05) is 11.2 Å². The molecule has 4 aromatic rings. The zero-order chi connectivity index (χ0) is 24.2. The van der Waals surface area contributed by atoms with Crippen molar-refractivity contribution in [2.24, 2.45) is 0 Å². The van der Waals surface area contributed by atoms with Crippen LogP contribution in [0.1, 0.15) is 19.4 Å². The molecule has 9 nitrogen and oxygen atoms in total. The average Bonchev–Trinajstić information content (AvgIpc) is 3.26. The lowest BCUT2D eigenvalue weighted by Gasteiger charge is -2.11. The van der Waals surface area contributed by atoms with Crippen molar-refractivity contribution in [2.45, 2.75) is 26.8 Å². The number of nitrogens with one attached hydrogen (secondary N) is 2. The Morgan fingerprint density at radius 3 is 2.74 bits per heavy atom. The first-order valence-corrected chi connectivity index (χ1v) is 11.2. The number of urea groups is 1. The van der Waals surface area contributed by atoms with Crippen molar-refractivity contribution in [1.29, 1.82) is 0 Å². The van der Waals surface area contributed by atoms with E-state index in [1.165, 1.54) is 6.07 Å². The van der Waals surface area contributed by atoms with E-state index < -0.39 is 0 Å². The maximum absolute atomic E-state index is 12.0. The van der Waals surface area contributed by atoms with E-state index >= 15 is 0 Å². The summed E-state index contributed by atoms with van der Waals surface area (Å²) in [5.74, 6) is 1.12. The summed E-state index contributed by atoms with van der Waals surface area (Å²) in [6.45, 7) is 5.70. The van der Waals surface area contributed by atoms with Crippen LogP contribution in [0.15, 0.2) is 63.7 Å². The van der Waals surface area contributed by atoms with Gasteiger partial charge in [-0.15, -0.1) is 0 Å². The Morgan fingerprint density at radius 2 is 1.97 bits per heavy atom. The number of phenols is 1. The van der Waals surface area contributed by atoms with E-state index in [4.69, 9.17) is 9.26 Å². The highest BCUT2D eigenvalue weighted by Gasteiger charge is 2.19. The van der Waals surface area contributed by atoms with Crippen LogP contribution >= 0.6 is 15.9 Å². The number of pyridine rings is 1. The van der Waals surface area contributed by atoms with Gasteiger partial charge in [0.05, 0.1) is 15.6 Å². The quantitative estimate of drug-likeness (QED) is 0.269. The molecule has 2 aromatic carbocycles. The number of amides is 2. The second-order valence-corrected chi connectivity index (χ2v) is 8.65. The van der Waals surface area contributed by atoms with Crippen molar-refractivity contribution < 1.29 is 19.2 Å². The summed E-state index contributed by atoms with van der Waals surface area (Å²) < 4.78 is 12.2. The number of aryl methyl sites for hydroxylation is 1. The summed E-state index contributed by atoms with van der Waals surface area (Å²) in [4.78, 5) is 20.8. The molecular formula is C24H22BrN5O4. The Balaban J connectivity index is 1.62. The fourth-order valence-electron chi connectivity index (χ4n) is 3.09. The smallest absolute Gasteiger partial charge is 0.319 e. The molecule has 0 atom stereocenters. The van der Waals surface area contributed by atoms with Crippen molar-refractivity contribution in [3.8, 4) is 40.2 Å². The van der Waals surface area contributed by atoms with Crippen LogP contribution in [-0.4, -0.2) is 32.3 Å². The van der Waals surface area contributed by atoms with Gasteiger partial charge < -0.3 is 25.0 Å². The molecule has 34 heavy (non-hydrogen) atoms. The predicted molar refractivity (Wildman–Crippen MR) is 131 cm³/mol. The highest BCUT2D eigenvalue weighted by Crippen LogP contribution is 2.36. The molecule has 0 unspecified atom stereocenters. The number of nitrogens with zero attached hydrogens (tertiary/aromatic N) is 3. The van der Waals surface area contributed by atoms with Gasteiger partial charge >= 0.3 is 6.03 Å². The van der Waals surface area contributed by atoms with E-state index in [0.717, 1.165) is 10.0 Å². The summed E-state index contributed by atoms with van der Waals surface area (Å²) in [5.41, 5.74) is 2.32. The number of phenolic OH excluding ortho intramolecular Hbond substituents is 1. The van der Waals surface area contributed by atoms with Gasteiger partial charge in [-0.2, -0.15) is 4.98 Å². The number of anilines is 1. The highest BCUT2D eigenvalue weighted by molar-refractivity contribution is 9.10. The van der Waals surface area contributed by atoms with Crippen molar-refractivity contribution in [3.63, 3.8) is 0 Å². The van der Waals surface area contributed by atoms with Gasteiger partial charge in [0.25, 0.3) is 5.89 Å². The third kappa shape index (κ3) is 5.34. The van der Waals surface area contributed by atoms with Crippen molar-refractivity contribution >= 4 is 27.6 Å². The lowest BCUT2D eigenvalue weighted by molar-refractivity contribution is 0.250. The first kappa shape index (κ1) is 23.2. The van der Waals surface area contributed by atoms with Gasteiger partial charge in [-0.3, -0.25) is 0 Å². The fourth-order valence-corrected chi connectivity index (χ4v) is 3.67. The molecule has 0 aliphatic carbocycles. The predicted octanol–water partition coefficient (Wildman–Crippen LogP) is 5.90. The number of halogens is 1. The van der Waals surface area contributed by atoms with Crippen molar-refractivity contribution in [1.82, 2.24) is 20.4 Å². The number of ether oxygens (including phenoxy) is 1. The first-order valence-electron chi connectivity index (χ1n) is 10.4. The number of carbonyl (C=O) groups is 1. The second-order valence-electron chi connectivity index (χ2n) is 7.80. The lowest BCUT2D eigenvalue weighted by atomic mass is 10.1. The number of aromatic hydroxyl groups is 1. The monoisotopic (exact) mass is 523 g/mol. The van der Waals surface area contributed by atoms with E-state index in [-0.39, 0.29) is 35.1 Å². The molecule has 0 spiro atoms. The van der Waals surface area contributed by atoms with Gasteiger partial charge in [-0.25, -0.2) is 9.78 Å². The molecule has 4 rings (SSSR count). The first-order chi connectivity index (χ1) is 16.3. The van der Waals surface area contributed by atoms with Crippen LogP contribution in [0.2, 0.25) is 0 Å². The van der Waals surface area contributed by atoms with Crippen LogP contribution in [0.25, 0.3) is 22.8 Å². The topological polar surface area (TPSA) is 122 Å². The van der Waals surface area contributed by atoms with Crippen LogP contribution in [0.3, 0.4) is 0 Å². The van der Waals surface area contributed by atoms with Crippen LogP contribution in [0.4, 0.5) is 10.5 Å². The Bertz CT molecular complexity index is 1340. The minimum absolute atomic E-state index is 0.0217. The normalized spacial score (nSPS) is 10.9. The minimum atomic E-state index is -0.364. The molecule has 0 bridgehead atoms. The maximum Gasteiger partial charge on any atom is 0.319 e. The van der Waals surface area contributed by atoms with E-state index in [1.807, 2.05) is 39.0 Å². The standard InChI is InChI=1S/C24H22BrN5O4/c1-13(2)27-24(32)28-15-7-8-19(31)17(12-15)23-29-21(30-34-23)16-5-4-10-26-22(16)33-20-9-6-14(3)11-18(20)25/h4-13,31H,1-3H3,(H2,27,28,32). The summed E-state index contributed by atoms with van der Waals surface area (Å²) in [6, 6.07) is 13.4. The minimum Gasteiger partial charge on any atom is -0.507 e. The Kier molecular flexibility index (Phi) is 6.78.